The summed E-state index contributed by atoms with van der Waals surface area (Å²) in [4.78, 5) is 36.6. The second-order valence-electron chi connectivity index (χ2n) is 8.37. The molecule has 1 atom stereocenters. The standard InChI is InChI=1S/C23H25NO6/c1-22(2,3)30-21(28)23(24,12-19(25)26)20(27)29-13-18-16-10-6-4-8-14(16)15-9-5-7-11-17(15)18/h4-11,18H,12-13,24H2,1-3H3,(H,25,26)/t23-/m1/s1. The highest BCUT2D eigenvalue weighted by Gasteiger charge is 2.49. The van der Waals surface area contributed by atoms with Crippen molar-refractivity contribution >= 4 is 17.9 Å². The molecule has 2 aromatic carbocycles. The van der Waals surface area contributed by atoms with Gasteiger partial charge in [0, 0.05) is 5.92 Å². The molecule has 158 valence electrons. The van der Waals surface area contributed by atoms with Crippen LogP contribution in [-0.4, -0.2) is 40.8 Å². The van der Waals surface area contributed by atoms with E-state index in [9.17, 15) is 19.5 Å². The van der Waals surface area contributed by atoms with Gasteiger partial charge in [-0.05, 0) is 43.0 Å². The number of fused-ring (bicyclic) bond motifs is 3. The van der Waals surface area contributed by atoms with E-state index < -0.39 is 35.5 Å². The molecule has 0 amide bonds. The molecular formula is C23H25NO6. The smallest absolute Gasteiger partial charge is 0.339 e. The average Bonchev–Trinajstić information content (AvgIpc) is 2.98. The number of rotatable bonds is 6. The predicted molar refractivity (Wildman–Crippen MR) is 110 cm³/mol. The van der Waals surface area contributed by atoms with Crippen LogP contribution < -0.4 is 5.73 Å². The van der Waals surface area contributed by atoms with E-state index in [1.54, 1.807) is 20.8 Å². The third-order valence-corrected chi connectivity index (χ3v) is 4.90. The van der Waals surface area contributed by atoms with Crippen LogP contribution >= 0.6 is 0 Å². The van der Waals surface area contributed by atoms with Gasteiger partial charge in [0.15, 0.2) is 0 Å². The Hall–Kier alpha value is -3.19. The third-order valence-electron chi connectivity index (χ3n) is 4.90. The van der Waals surface area contributed by atoms with Crippen molar-refractivity contribution in [2.24, 2.45) is 5.73 Å². The fourth-order valence-corrected chi connectivity index (χ4v) is 3.56. The number of esters is 2. The second kappa shape index (κ2) is 7.91. The highest BCUT2D eigenvalue weighted by Crippen LogP contribution is 2.44. The molecule has 0 radical (unpaired) electrons. The van der Waals surface area contributed by atoms with Gasteiger partial charge in [0.1, 0.15) is 12.2 Å². The minimum atomic E-state index is -2.43. The molecule has 3 rings (SSSR count). The molecule has 2 aromatic rings. The summed E-state index contributed by atoms with van der Waals surface area (Å²) in [5.41, 5.74) is 6.64. The van der Waals surface area contributed by atoms with Crippen molar-refractivity contribution in [3.63, 3.8) is 0 Å². The minimum Gasteiger partial charge on any atom is -0.481 e. The Labute approximate surface area is 174 Å². The summed E-state index contributed by atoms with van der Waals surface area (Å²) < 4.78 is 10.6. The molecule has 0 unspecified atom stereocenters. The Morgan fingerprint density at radius 3 is 1.90 bits per heavy atom. The number of carboxylic acid groups (broad SMARTS) is 1. The number of hydrogen-bond donors (Lipinski definition) is 2. The molecule has 1 aliphatic carbocycles. The normalized spacial score (nSPS) is 14.9. The van der Waals surface area contributed by atoms with Gasteiger partial charge in [0.25, 0.3) is 0 Å². The molecule has 0 saturated carbocycles. The zero-order valence-electron chi connectivity index (χ0n) is 17.2. The Kier molecular flexibility index (Phi) is 5.67. The maximum atomic E-state index is 12.8. The lowest BCUT2D eigenvalue weighted by atomic mass is 9.95. The Balaban J connectivity index is 1.84. The number of hydrogen-bond acceptors (Lipinski definition) is 6. The molecule has 7 nitrogen and oxygen atoms in total. The van der Waals surface area contributed by atoms with Gasteiger partial charge in [-0.3, -0.25) is 4.79 Å². The Morgan fingerprint density at radius 1 is 0.933 bits per heavy atom. The number of benzene rings is 2. The molecule has 3 N–H and O–H groups in total. The zero-order chi connectivity index (χ0) is 22.1. The third kappa shape index (κ3) is 4.21. The summed E-state index contributed by atoms with van der Waals surface area (Å²) in [5.74, 6) is -3.90. The zero-order valence-corrected chi connectivity index (χ0v) is 17.2. The van der Waals surface area contributed by atoms with E-state index in [0.717, 1.165) is 22.3 Å². The number of ether oxygens (including phenoxy) is 2. The van der Waals surface area contributed by atoms with E-state index in [-0.39, 0.29) is 12.5 Å². The summed E-state index contributed by atoms with van der Waals surface area (Å²) in [6.45, 7) is 4.73. The number of carboxylic acids is 1. The first-order valence-corrected chi connectivity index (χ1v) is 9.62. The average molecular weight is 411 g/mol. The number of nitrogens with two attached hydrogens (primary N) is 1. The topological polar surface area (TPSA) is 116 Å². The fourth-order valence-electron chi connectivity index (χ4n) is 3.56. The highest BCUT2D eigenvalue weighted by atomic mass is 16.6. The molecule has 0 saturated heterocycles. The second-order valence-corrected chi connectivity index (χ2v) is 8.37. The number of carbonyl (C=O) groups excluding carboxylic acids is 2. The van der Waals surface area contributed by atoms with Crippen LogP contribution in [0.2, 0.25) is 0 Å². The first-order valence-electron chi connectivity index (χ1n) is 9.62. The maximum absolute atomic E-state index is 12.8. The molecule has 0 aromatic heterocycles. The monoisotopic (exact) mass is 411 g/mol. The largest absolute Gasteiger partial charge is 0.481 e. The van der Waals surface area contributed by atoms with Gasteiger partial charge in [-0.25, -0.2) is 9.59 Å². The first-order chi connectivity index (χ1) is 14.0. The molecular weight excluding hydrogens is 386 g/mol. The van der Waals surface area contributed by atoms with Crippen LogP contribution in [0.15, 0.2) is 48.5 Å². The predicted octanol–water partition coefficient (Wildman–Crippen LogP) is 2.86. The van der Waals surface area contributed by atoms with Crippen molar-refractivity contribution in [3.8, 4) is 11.1 Å². The molecule has 30 heavy (non-hydrogen) atoms. The number of carbonyl (C=O) groups is 3. The van der Waals surface area contributed by atoms with Gasteiger partial charge < -0.3 is 20.3 Å². The summed E-state index contributed by atoms with van der Waals surface area (Å²) in [6, 6.07) is 15.6. The first kappa shape index (κ1) is 21.5. The maximum Gasteiger partial charge on any atom is 0.339 e. The van der Waals surface area contributed by atoms with Crippen LogP contribution in [-0.2, 0) is 23.9 Å². The molecule has 0 bridgehead atoms. The minimum absolute atomic E-state index is 0.0752. The van der Waals surface area contributed by atoms with E-state index >= 15 is 0 Å². The van der Waals surface area contributed by atoms with Gasteiger partial charge in [-0.15, -0.1) is 0 Å². The van der Waals surface area contributed by atoms with Gasteiger partial charge in [0.05, 0.1) is 6.42 Å². The lowest BCUT2D eigenvalue weighted by Crippen LogP contribution is -2.59. The van der Waals surface area contributed by atoms with Gasteiger partial charge in [-0.2, -0.15) is 0 Å². The van der Waals surface area contributed by atoms with E-state index in [1.807, 2.05) is 48.5 Å². The quantitative estimate of drug-likeness (QED) is 0.555. The van der Waals surface area contributed by atoms with E-state index in [1.165, 1.54) is 0 Å². The van der Waals surface area contributed by atoms with Crippen LogP contribution in [0.5, 0.6) is 0 Å². The molecule has 0 heterocycles. The summed E-state index contributed by atoms with van der Waals surface area (Å²) in [5, 5.41) is 9.19. The van der Waals surface area contributed by atoms with Crippen LogP contribution in [0.3, 0.4) is 0 Å². The molecule has 1 aliphatic rings. The van der Waals surface area contributed by atoms with Crippen LogP contribution in [0, 0.1) is 0 Å². The SMILES string of the molecule is CC(C)(C)OC(=O)[C@@](N)(CC(=O)O)C(=O)OCC1c2ccccc2-c2ccccc21. The summed E-state index contributed by atoms with van der Waals surface area (Å²) >= 11 is 0. The number of aliphatic carboxylic acids is 1. The van der Waals surface area contributed by atoms with E-state index in [2.05, 4.69) is 0 Å². The summed E-state index contributed by atoms with van der Waals surface area (Å²) in [6.07, 6.45) is -0.932. The van der Waals surface area contributed by atoms with Crippen LogP contribution in [0.1, 0.15) is 44.2 Å². The van der Waals surface area contributed by atoms with Gasteiger partial charge >= 0.3 is 17.9 Å². The van der Waals surface area contributed by atoms with Crippen molar-refractivity contribution in [2.75, 3.05) is 6.61 Å². The highest BCUT2D eigenvalue weighted by molar-refractivity contribution is 6.07. The lowest BCUT2D eigenvalue weighted by molar-refractivity contribution is -0.174. The van der Waals surface area contributed by atoms with Crippen molar-refractivity contribution in [2.45, 2.75) is 44.2 Å². The van der Waals surface area contributed by atoms with Crippen molar-refractivity contribution < 1.29 is 29.0 Å². The van der Waals surface area contributed by atoms with E-state index in [0.29, 0.717) is 0 Å². The van der Waals surface area contributed by atoms with E-state index in [4.69, 9.17) is 15.2 Å². The van der Waals surface area contributed by atoms with Crippen LogP contribution in [0.25, 0.3) is 11.1 Å². The van der Waals surface area contributed by atoms with Gasteiger partial charge in [-0.1, -0.05) is 48.5 Å². The van der Waals surface area contributed by atoms with Crippen LogP contribution in [0.4, 0.5) is 0 Å². The molecule has 0 fully saturated rings. The summed E-state index contributed by atoms with van der Waals surface area (Å²) in [7, 11) is 0. The lowest BCUT2D eigenvalue weighted by Gasteiger charge is -2.29. The van der Waals surface area contributed by atoms with Crippen molar-refractivity contribution in [3.05, 3.63) is 59.7 Å². The Bertz CT molecular complexity index is 948. The van der Waals surface area contributed by atoms with Crippen molar-refractivity contribution in [1.29, 1.82) is 0 Å². The molecule has 0 spiro atoms. The Morgan fingerprint density at radius 2 is 1.43 bits per heavy atom. The molecule has 0 aliphatic heterocycles. The van der Waals surface area contributed by atoms with Gasteiger partial charge in [0.2, 0.25) is 5.54 Å². The van der Waals surface area contributed by atoms with Crippen molar-refractivity contribution in [1.82, 2.24) is 0 Å². The molecule has 7 heteroatoms. The fraction of sp³-hybridized carbons (Fsp3) is 0.348.